The van der Waals surface area contributed by atoms with Gasteiger partial charge in [-0.15, -0.1) is 0 Å². The first-order valence-corrected chi connectivity index (χ1v) is 11.3. The van der Waals surface area contributed by atoms with Gasteiger partial charge in [0.25, 0.3) is 0 Å². The second-order valence-electron chi connectivity index (χ2n) is 8.41. The van der Waals surface area contributed by atoms with Crippen molar-refractivity contribution >= 4 is 23.4 Å². The molecular weight excluding hydrogens is 419 g/mol. The molecule has 2 aromatic heterocycles. The topological polar surface area (TPSA) is 75.1 Å². The molecule has 1 amide bonds. The minimum atomic E-state index is -0.227. The molecule has 7 nitrogen and oxygen atoms in total. The zero-order chi connectivity index (χ0) is 24.1. The minimum absolute atomic E-state index is 0.0639. The first-order chi connectivity index (χ1) is 15.7. The van der Waals surface area contributed by atoms with Crippen LogP contribution in [0.5, 0.6) is 0 Å². The number of amides is 1. The second kappa shape index (κ2) is 10.5. The molecule has 33 heavy (non-hydrogen) atoms. The lowest BCUT2D eigenvalue weighted by Gasteiger charge is -2.27. The summed E-state index contributed by atoms with van der Waals surface area (Å²) in [6, 6.07) is 8.74. The summed E-state index contributed by atoms with van der Waals surface area (Å²) in [5, 5.41) is 6.16. The molecule has 0 saturated heterocycles. The summed E-state index contributed by atoms with van der Waals surface area (Å²) in [4.78, 5) is 22.7. The maximum absolute atomic E-state index is 13.2. The highest BCUT2D eigenvalue weighted by molar-refractivity contribution is 6.00. The van der Waals surface area contributed by atoms with Crippen LogP contribution >= 0.6 is 0 Å². The molecule has 8 heteroatoms. The Morgan fingerprint density at radius 3 is 2.45 bits per heavy atom. The fourth-order valence-electron chi connectivity index (χ4n) is 3.77. The van der Waals surface area contributed by atoms with Crippen LogP contribution in [0.15, 0.2) is 30.3 Å². The highest BCUT2D eigenvalue weighted by Gasteiger charge is 2.24. The second-order valence-corrected chi connectivity index (χ2v) is 8.41. The predicted octanol–water partition coefficient (Wildman–Crippen LogP) is 4.81. The third-order valence-corrected chi connectivity index (χ3v) is 5.45. The summed E-state index contributed by atoms with van der Waals surface area (Å²) in [5.74, 6) is 0.949. The van der Waals surface area contributed by atoms with E-state index in [9.17, 15) is 9.18 Å². The number of benzene rings is 1. The molecule has 0 fully saturated rings. The number of hydrogen-bond donors (Lipinski definition) is 2. The summed E-state index contributed by atoms with van der Waals surface area (Å²) in [5.41, 5.74) is 5.87. The van der Waals surface area contributed by atoms with Crippen LogP contribution in [-0.4, -0.2) is 34.0 Å². The zero-order valence-corrected chi connectivity index (χ0v) is 20.3. The summed E-state index contributed by atoms with van der Waals surface area (Å²) in [6.45, 7) is 11.8. The van der Waals surface area contributed by atoms with Gasteiger partial charge in [0.1, 0.15) is 11.5 Å². The van der Waals surface area contributed by atoms with Gasteiger partial charge in [-0.1, -0.05) is 32.4 Å². The number of nitrogens with one attached hydrogen (secondary N) is 2. The number of carbonyl (C=O) groups excluding carboxylic acids is 1. The number of aromatic nitrogens is 3. The third-order valence-electron chi connectivity index (χ3n) is 5.45. The molecule has 1 aliphatic rings. The van der Waals surface area contributed by atoms with Crippen molar-refractivity contribution in [2.24, 2.45) is 0 Å². The van der Waals surface area contributed by atoms with E-state index in [1.54, 1.807) is 0 Å². The van der Waals surface area contributed by atoms with E-state index in [0.29, 0.717) is 30.5 Å². The molecule has 0 unspecified atom stereocenters. The van der Waals surface area contributed by atoms with Gasteiger partial charge in [-0.25, -0.2) is 9.37 Å². The molecule has 0 saturated carbocycles. The fourth-order valence-corrected chi connectivity index (χ4v) is 3.77. The largest absolute Gasteiger partial charge is 0.350 e. The molecule has 0 aliphatic carbocycles. The summed E-state index contributed by atoms with van der Waals surface area (Å²) in [6.07, 6.45) is 1.25. The third kappa shape index (κ3) is 5.69. The Bertz CT molecular complexity index is 1120. The number of nitrogens with zero attached hydrogens (tertiary/aromatic N) is 4. The SMILES string of the molecule is CCC.Cc1nc(NCc2cc(C)n(Cc3ccc(F)cc3)c2C)nc2c1NC(=O)CN2C. The number of aryl methyl sites for hydroxylation is 2. The monoisotopic (exact) mass is 452 g/mol. The van der Waals surface area contributed by atoms with Crippen LogP contribution in [0, 0.1) is 26.6 Å². The molecule has 4 rings (SSSR count). The molecule has 1 aliphatic heterocycles. The van der Waals surface area contributed by atoms with E-state index >= 15 is 0 Å². The molecule has 176 valence electrons. The quantitative estimate of drug-likeness (QED) is 0.581. The molecule has 3 aromatic rings. The van der Waals surface area contributed by atoms with E-state index in [-0.39, 0.29) is 18.3 Å². The fraction of sp³-hybridized carbons (Fsp3) is 0.400. The molecule has 0 atom stereocenters. The predicted molar refractivity (Wildman–Crippen MR) is 131 cm³/mol. The first kappa shape index (κ1) is 24.2. The number of anilines is 3. The first-order valence-electron chi connectivity index (χ1n) is 11.3. The van der Waals surface area contributed by atoms with Crippen LogP contribution in [0.25, 0.3) is 0 Å². The Kier molecular flexibility index (Phi) is 7.68. The molecular formula is C25H33FN6O. The Morgan fingerprint density at radius 2 is 1.79 bits per heavy atom. The van der Waals surface area contributed by atoms with Gasteiger partial charge in [-0.3, -0.25) is 4.79 Å². The van der Waals surface area contributed by atoms with Crippen molar-refractivity contribution in [2.45, 2.75) is 54.1 Å². The van der Waals surface area contributed by atoms with Crippen molar-refractivity contribution in [1.82, 2.24) is 14.5 Å². The van der Waals surface area contributed by atoms with Gasteiger partial charge >= 0.3 is 0 Å². The van der Waals surface area contributed by atoms with Gasteiger partial charge in [-0.05, 0) is 50.1 Å². The minimum Gasteiger partial charge on any atom is -0.350 e. The maximum atomic E-state index is 13.2. The van der Waals surface area contributed by atoms with E-state index in [4.69, 9.17) is 0 Å². The van der Waals surface area contributed by atoms with Gasteiger partial charge in [0.2, 0.25) is 11.9 Å². The van der Waals surface area contributed by atoms with E-state index in [1.165, 1.54) is 18.6 Å². The van der Waals surface area contributed by atoms with Crippen molar-refractivity contribution in [1.29, 1.82) is 0 Å². The lowest BCUT2D eigenvalue weighted by atomic mass is 10.2. The Labute approximate surface area is 195 Å². The van der Waals surface area contributed by atoms with Crippen molar-refractivity contribution in [3.8, 4) is 0 Å². The van der Waals surface area contributed by atoms with Gasteiger partial charge < -0.3 is 20.1 Å². The maximum Gasteiger partial charge on any atom is 0.244 e. The Hall–Kier alpha value is -3.42. The van der Waals surface area contributed by atoms with Crippen molar-refractivity contribution in [2.75, 3.05) is 29.1 Å². The van der Waals surface area contributed by atoms with Crippen LogP contribution in [-0.2, 0) is 17.9 Å². The normalized spacial score (nSPS) is 12.6. The smallest absolute Gasteiger partial charge is 0.244 e. The highest BCUT2D eigenvalue weighted by atomic mass is 19.1. The zero-order valence-electron chi connectivity index (χ0n) is 20.3. The lowest BCUT2D eigenvalue weighted by Crippen LogP contribution is -2.36. The molecule has 2 N–H and O–H groups in total. The van der Waals surface area contributed by atoms with Crippen LogP contribution < -0.4 is 15.5 Å². The van der Waals surface area contributed by atoms with Crippen LogP contribution in [0.2, 0.25) is 0 Å². The van der Waals surface area contributed by atoms with Crippen LogP contribution in [0.1, 0.15) is 48.5 Å². The lowest BCUT2D eigenvalue weighted by molar-refractivity contribution is -0.115. The van der Waals surface area contributed by atoms with Gasteiger partial charge in [0, 0.05) is 31.5 Å². The molecule has 3 heterocycles. The average molecular weight is 453 g/mol. The number of likely N-dealkylation sites (N-methyl/N-ethyl adjacent to an activating group) is 1. The van der Waals surface area contributed by atoms with Crippen molar-refractivity contribution in [3.05, 3.63) is 64.4 Å². The Balaban J connectivity index is 0.000000968. The highest BCUT2D eigenvalue weighted by Crippen LogP contribution is 2.30. The molecule has 0 bridgehead atoms. The number of fused-ring (bicyclic) bond motifs is 1. The summed E-state index contributed by atoms with van der Waals surface area (Å²) >= 11 is 0. The van der Waals surface area contributed by atoms with Crippen molar-refractivity contribution < 1.29 is 9.18 Å². The molecule has 0 radical (unpaired) electrons. The van der Waals surface area contributed by atoms with Crippen LogP contribution in [0.3, 0.4) is 0 Å². The number of hydrogen-bond acceptors (Lipinski definition) is 5. The van der Waals surface area contributed by atoms with E-state index in [1.807, 2.05) is 31.0 Å². The summed E-state index contributed by atoms with van der Waals surface area (Å²) in [7, 11) is 1.84. The van der Waals surface area contributed by atoms with Gasteiger partial charge in [0.05, 0.1) is 12.2 Å². The molecule has 1 aromatic carbocycles. The standard InChI is InChI=1S/C22H25FN6O.C3H8/c1-13-9-17(15(3)29(13)11-16-5-7-18(23)8-6-16)10-24-22-25-14(2)20-21(27-22)28(4)12-19(30)26-20;1-3-2/h5-9H,10-12H2,1-4H3,(H,26,30)(H,24,25,27);3H2,1-2H3. The van der Waals surface area contributed by atoms with Gasteiger partial charge in [0.15, 0.2) is 5.82 Å². The Morgan fingerprint density at radius 1 is 1.12 bits per heavy atom. The van der Waals surface area contributed by atoms with Crippen LogP contribution in [0.4, 0.5) is 21.8 Å². The molecule has 0 spiro atoms. The summed E-state index contributed by atoms with van der Waals surface area (Å²) < 4.78 is 15.4. The average Bonchev–Trinajstić information content (AvgIpc) is 3.02. The van der Waals surface area contributed by atoms with E-state index < -0.39 is 0 Å². The number of carbonyl (C=O) groups is 1. The van der Waals surface area contributed by atoms with Gasteiger partial charge in [-0.2, -0.15) is 4.98 Å². The number of halogens is 1. The number of rotatable bonds is 5. The van der Waals surface area contributed by atoms with E-state index in [0.717, 1.165) is 28.2 Å². The van der Waals surface area contributed by atoms with E-state index in [2.05, 4.69) is 58.9 Å². The van der Waals surface area contributed by atoms with Crippen molar-refractivity contribution in [3.63, 3.8) is 0 Å².